The van der Waals surface area contributed by atoms with E-state index in [0.29, 0.717) is 22.0 Å². The van der Waals surface area contributed by atoms with Gasteiger partial charge in [-0.15, -0.1) is 11.3 Å². The first-order valence-corrected chi connectivity index (χ1v) is 11.4. The zero-order valence-corrected chi connectivity index (χ0v) is 18.5. The molecule has 1 aliphatic rings. The lowest BCUT2D eigenvalue weighted by molar-refractivity contribution is 0.552. The molecular formula is C23H24Cl2N2S. The second-order valence-electron chi connectivity index (χ2n) is 7.41. The van der Waals surface area contributed by atoms with E-state index in [9.17, 15) is 0 Å². The van der Waals surface area contributed by atoms with Crippen LogP contribution in [0, 0.1) is 12.8 Å². The molecule has 0 radical (unpaired) electrons. The number of thiazole rings is 1. The lowest BCUT2D eigenvalue weighted by Gasteiger charge is -2.32. The molecule has 1 aliphatic carbocycles. The zero-order chi connectivity index (χ0) is 19.7. The third kappa shape index (κ3) is 4.07. The number of aryl methyl sites for hydroxylation is 1. The Labute approximate surface area is 181 Å². The van der Waals surface area contributed by atoms with Gasteiger partial charge >= 0.3 is 0 Å². The summed E-state index contributed by atoms with van der Waals surface area (Å²) in [5.74, 6) is 0.709. The monoisotopic (exact) mass is 430 g/mol. The molecule has 3 aromatic rings. The van der Waals surface area contributed by atoms with Gasteiger partial charge in [0.15, 0.2) is 5.13 Å². The molecule has 146 valence electrons. The normalized spacial score (nSPS) is 14.9. The van der Waals surface area contributed by atoms with Gasteiger partial charge in [0.2, 0.25) is 0 Å². The smallest absolute Gasteiger partial charge is 0.186 e. The van der Waals surface area contributed by atoms with Crippen LogP contribution in [0.5, 0.6) is 0 Å². The Balaban J connectivity index is 1.74. The predicted molar refractivity (Wildman–Crippen MR) is 122 cm³/mol. The minimum absolute atomic E-state index is 0.389. The molecule has 2 nitrogen and oxygen atoms in total. The lowest BCUT2D eigenvalue weighted by atomic mass is 10.0. The summed E-state index contributed by atoms with van der Waals surface area (Å²) in [4.78, 5) is 8.76. The van der Waals surface area contributed by atoms with E-state index in [4.69, 9.17) is 28.2 Å². The fourth-order valence-electron chi connectivity index (χ4n) is 3.80. The van der Waals surface area contributed by atoms with Gasteiger partial charge in [-0.2, -0.15) is 0 Å². The van der Waals surface area contributed by atoms with Gasteiger partial charge in [-0.1, -0.05) is 60.5 Å². The largest absolute Gasteiger partial charge is 0.341 e. The van der Waals surface area contributed by atoms with Crippen molar-refractivity contribution in [3.63, 3.8) is 0 Å². The number of anilines is 1. The van der Waals surface area contributed by atoms with E-state index in [-0.39, 0.29) is 0 Å². The van der Waals surface area contributed by atoms with Gasteiger partial charge < -0.3 is 4.90 Å². The minimum Gasteiger partial charge on any atom is -0.341 e. The van der Waals surface area contributed by atoms with Crippen LogP contribution in [0.2, 0.25) is 10.0 Å². The SMILES string of the molecule is CCCN(c1nc(-c2ccc(Cl)cc2Cl)c(C)s1)C(c1ccccc1)C1CC1. The molecule has 0 bridgehead atoms. The van der Waals surface area contributed by atoms with Crippen molar-refractivity contribution in [1.82, 2.24) is 4.98 Å². The van der Waals surface area contributed by atoms with Crippen LogP contribution >= 0.6 is 34.5 Å². The van der Waals surface area contributed by atoms with E-state index in [1.165, 1.54) is 23.3 Å². The summed E-state index contributed by atoms with van der Waals surface area (Å²) in [5, 5.41) is 2.38. The molecule has 2 aromatic carbocycles. The number of nitrogens with zero attached hydrogens (tertiary/aromatic N) is 2. The molecule has 0 spiro atoms. The predicted octanol–water partition coefficient (Wildman–Crippen LogP) is 7.79. The van der Waals surface area contributed by atoms with E-state index >= 15 is 0 Å². The average molecular weight is 431 g/mol. The Morgan fingerprint density at radius 3 is 2.54 bits per heavy atom. The molecule has 1 unspecified atom stereocenters. The fraction of sp³-hybridized carbons (Fsp3) is 0.348. The van der Waals surface area contributed by atoms with Crippen molar-refractivity contribution >= 4 is 39.7 Å². The highest BCUT2D eigenvalue weighted by atomic mass is 35.5. The molecular weight excluding hydrogens is 407 g/mol. The van der Waals surface area contributed by atoms with Crippen LogP contribution in [0.3, 0.4) is 0 Å². The third-order valence-electron chi connectivity index (χ3n) is 5.23. The lowest BCUT2D eigenvalue weighted by Crippen LogP contribution is -2.31. The molecule has 1 heterocycles. The summed E-state index contributed by atoms with van der Waals surface area (Å²) in [6.07, 6.45) is 3.67. The van der Waals surface area contributed by atoms with E-state index in [2.05, 4.69) is 49.1 Å². The first-order valence-electron chi connectivity index (χ1n) is 9.83. The number of hydrogen-bond acceptors (Lipinski definition) is 3. The van der Waals surface area contributed by atoms with Gasteiger partial charge in [-0.3, -0.25) is 0 Å². The van der Waals surface area contributed by atoms with E-state index in [1.807, 2.05) is 12.1 Å². The van der Waals surface area contributed by atoms with Crippen molar-refractivity contribution in [1.29, 1.82) is 0 Å². The summed E-state index contributed by atoms with van der Waals surface area (Å²) < 4.78 is 0. The number of hydrogen-bond donors (Lipinski definition) is 0. The maximum absolute atomic E-state index is 6.47. The van der Waals surface area contributed by atoms with Crippen molar-refractivity contribution in [2.45, 2.75) is 39.2 Å². The summed E-state index contributed by atoms with van der Waals surface area (Å²) >= 11 is 14.3. The molecule has 1 saturated carbocycles. The maximum Gasteiger partial charge on any atom is 0.186 e. The molecule has 1 fully saturated rings. The topological polar surface area (TPSA) is 16.1 Å². The van der Waals surface area contributed by atoms with Gasteiger partial charge in [0.05, 0.1) is 16.8 Å². The zero-order valence-electron chi connectivity index (χ0n) is 16.2. The summed E-state index contributed by atoms with van der Waals surface area (Å²) in [7, 11) is 0. The van der Waals surface area contributed by atoms with Gasteiger partial charge in [-0.25, -0.2) is 4.98 Å². The molecule has 1 aromatic heterocycles. The number of halogens is 2. The van der Waals surface area contributed by atoms with E-state index in [0.717, 1.165) is 29.4 Å². The highest BCUT2D eigenvalue weighted by Gasteiger charge is 2.37. The Morgan fingerprint density at radius 1 is 1.14 bits per heavy atom. The standard InChI is InChI=1S/C23H24Cl2N2S/c1-3-13-27(22(17-9-10-17)16-7-5-4-6-8-16)23-26-21(15(2)28-23)19-12-11-18(24)14-20(19)25/h4-8,11-12,14,17,22H,3,9-10,13H2,1-2H3. The first kappa shape index (κ1) is 19.8. The van der Waals surface area contributed by atoms with Crippen LogP contribution in [0.4, 0.5) is 5.13 Å². The number of aromatic nitrogens is 1. The Bertz CT molecular complexity index is 950. The minimum atomic E-state index is 0.389. The van der Waals surface area contributed by atoms with E-state index in [1.54, 1.807) is 17.4 Å². The third-order valence-corrected chi connectivity index (χ3v) is 6.78. The highest BCUT2D eigenvalue weighted by Crippen LogP contribution is 2.47. The summed E-state index contributed by atoms with van der Waals surface area (Å²) in [6.45, 7) is 5.36. The van der Waals surface area contributed by atoms with Gasteiger partial charge in [0.1, 0.15) is 0 Å². The second-order valence-corrected chi connectivity index (χ2v) is 9.44. The number of rotatable bonds is 7. The van der Waals surface area contributed by atoms with Crippen LogP contribution < -0.4 is 4.90 Å². The van der Waals surface area contributed by atoms with Crippen LogP contribution in [0.15, 0.2) is 48.5 Å². The van der Waals surface area contributed by atoms with Crippen molar-refractivity contribution < 1.29 is 0 Å². The molecule has 5 heteroatoms. The van der Waals surface area contributed by atoms with Gasteiger partial charge in [0, 0.05) is 22.0 Å². The van der Waals surface area contributed by atoms with E-state index < -0.39 is 0 Å². The molecule has 0 aliphatic heterocycles. The van der Waals surface area contributed by atoms with Crippen molar-refractivity contribution in [3.05, 3.63) is 69.0 Å². The molecule has 0 amide bonds. The molecule has 0 N–H and O–H groups in total. The highest BCUT2D eigenvalue weighted by molar-refractivity contribution is 7.16. The molecule has 1 atom stereocenters. The van der Waals surface area contributed by atoms with Crippen molar-refractivity contribution in [2.24, 2.45) is 5.92 Å². The Hall–Kier alpha value is -1.55. The molecule has 0 saturated heterocycles. The van der Waals surface area contributed by atoms with Crippen molar-refractivity contribution in [2.75, 3.05) is 11.4 Å². The van der Waals surface area contributed by atoms with Crippen LogP contribution in [-0.4, -0.2) is 11.5 Å². The Morgan fingerprint density at radius 2 is 1.89 bits per heavy atom. The van der Waals surface area contributed by atoms with Gasteiger partial charge in [-0.05, 0) is 55.9 Å². The number of benzene rings is 2. The van der Waals surface area contributed by atoms with Crippen LogP contribution in [0.25, 0.3) is 11.3 Å². The van der Waals surface area contributed by atoms with Crippen molar-refractivity contribution in [3.8, 4) is 11.3 Å². The van der Waals surface area contributed by atoms with Crippen LogP contribution in [0.1, 0.15) is 42.7 Å². The van der Waals surface area contributed by atoms with Crippen LogP contribution in [-0.2, 0) is 0 Å². The maximum atomic E-state index is 6.47. The molecule has 28 heavy (non-hydrogen) atoms. The van der Waals surface area contributed by atoms with Gasteiger partial charge in [0.25, 0.3) is 0 Å². The first-order chi connectivity index (χ1) is 13.6. The second kappa shape index (κ2) is 8.44. The average Bonchev–Trinajstić information content (AvgIpc) is 3.44. The summed E-state index contributed by atoms with van der Waals surface area (Å²) in [5.41, 5.74) is 3.30. The Kier molecular flexibility index (Phi) is 5.96. The quantitative estimate of drug-likeness (QED) is 0.379. The fourth-order valence-corrected chi connectivity index (χ4v) is 5.28. The molecule has 4 rings (SSSR count). The summed E-state index contributed by atoms with van der Waals surface area (Å²) in [6, 6.07) is 16.9.